The SMILES string of the molecule is CC(=O)N1CCN(C(=O)c2c[nH]c(=O)n(CC3CCCO3)c2=O)CC1. The second-order valence-electron chi connectivity index (χ2n) is 6.36. The van der Waals surface area contributed by atoms with E-state index in [4.69, 9.17) is 4.74 Å². The van der Waals surface area contributed by atoms with Crippen LogP contribution < -0.4 is 11.2 Å². The van der Waals surface area contributed by atoms with Gasteiger partial charge in [-0.3, -0.25) is 19.0 Å². The normalized spacial score (nSPS) is 20.8. The summed E-state index contributed by atoms with van der Waals surface area (Å²) in [5.74, 6) is -0.458. The summed E-state index contributed by atoms with van der Waals surface area (Å²) in [4.78, 5) is 54.3. The number of carbonyl (C=O) groups is 2. The van der Waals surface area contributed by atoms with Crippen molar-refractivity contribution in [3.05, 3.63) is 32.6 Å². The van der Waals surface area contributed by atoms with Crippen LogP contribution >= 0.6 is 0 Å². The zero-order valence-corrected chi connectivity index (χ0v) is 14.2. The molecule has 0 aromatic carbocycles. The van der Waals surface area contributed by atoms with E-state index >= 15 is 0 Å². The fraction of sp³-hybridized carbons (Fsp3) is 0.625. The van der Waals surface area contributed by atoms with Crippen LogP contribution in [0.15, 0.2) is 15.8 Å². The summed E-state index contributed by atoms with van der Waals surface area (Å²) in [6.07, 6.45) is 2.69. The number of nitrogens with zero attached hydrogens (tertiary/aromatic N) is 3. The van der Waals surface area contributed by atoms with Gasteiger partial charge in [0, 0.05) is 45.9 Å². The van der Waals surface area contributed by atoms with E-state index < -0.39 is 17.2 Å². The Hall–Kier alpha value is -2.42. The highest BCUT2D eigenvalue weighted by atomic mass is 16.5. The van der Waals surface area contributed by atoms with Gasteiger partial charge in [0.15, 0.2) is 0 Å². The van der Waals surface area contributed by atoms with Crippen molar-refractivity contribution < 1.29 is 14.3 Å². The molecular formula is C16H22N4O5. The van der Waals surface area contributed by atoms with Gasteiger partial charge in [-0.2, -0.15) is 0 Å². The van der Waals surface area contributed by atoms with Crippen molar-refractivity contribution in [1.29, 1.82) is 0 Å². The molecule has 1 aromatic rings. The first-order valence-corrected chi connectivity index (χ1v) is 8.46. The molecule has 1 aromatic heterocycles. The number of ether oxygens (including phenoxy) is 1. The van der Waals surface area contributed by atoms with Crippen LogP contribution in [0.25, 0.3) is 0 Å². The summed E-state index contributed by atoms with van der Waals surface area (Å²) in [6, 6.07) is 0. The highest BCUT2D eigenvalue weighted by molar-refractivity contribution is 5.93. The maximum Gasteiger partial charge on any atom is 0.328 e. The van der Waals surface area contributed by atoms with E-state index in [1.165, 1.54) is 18.0 Å². The van der Waals surface area contributed by atoms with Gasteiger partial charge in [-0.25, -0.2) is 4.79 Å². The molecule has 1 unspecified atom stereocenters. The standard InChI is InChI=1S/C16H22N4O5/c1-11(21)18-4-6-19(7-5-18)14(22)13-9-17-16(24)20(15(13)23)10-12-3-2-8-25-12/h9,12H,2-8,10H2,1H3,(H,17,24). The zero-order chi connectivity index (χ0) is 18.0. The van der Waals surface area contributed by atoms with Crippen LogP contribution in [-0.2, 0) is 16.1 Å². The fourth-order valence-corrected chi connectivity index (χ4v) is 3.22. The molecule has 136 valence electrons. The Morgan fingerprint density at radius 3 is 2.48 bits per heavy atom. The summed E-state index contributed by atoms with van der Waals surface area (Å²) in [5.41, 5.74) is -1.20. The predicted octanol–water partition coefficient (Wildman–Crippen LogP) is -0.980. The first-order chi connectivity index (χ1) is 12.0. The number of hydrogen-bond acceptors (Lipinski definition) is 5. The monoisotopic (exact) mass is 350 g/mol. The number of aromatic nitrogens is 2. The molecule has 0 spiro atoms. The molecule has 0 aliphatic carbocycles. The van der Waals surface area contributed by atoms with E-state index in [1.807, 2.05) is 0 Å². The third-order valence-corrected chi connectivity index (χ3v) is 4.71. The minimum absolute atomic E-state index is 0.0324. The number of hydrogen-bond donors (Lipinski definition) is 1. The van der Waals surface area contributed by atoms with Crippen LogP contribution in [0.3, 0.4) is 0 Å². The van der Waals surface area contributed by atoms with Crippen molar-refractivity contribution in [2.24, 2.45) is 0 Å². The second-order valence-corrected chi connectivity index (χ2v) is 6.36. The Morgan fingerprint density at radius 2 is 1.88 bits per heavy atom. The van der Waals surface area contributed by atoms with Crippen molar-refractivity contribution in [1.82, 2.24) is 19.4 Å². The average molecular weight is 350 g/mol. The van der Waals surface area contributed by atoms with E-state index in [2.05, 4.69) is 4.98 Å². The minimum atomic E-state index is -0.599. The number of rotatable bonds is 3. The third kappa shape index (κ3) is 3.65. The molecule has 0 radical (unpaired) electrons. The molecular weight excluding hydrogens is 328 g/mol. The van der Waals surface area contributed by atoms with Crippen LogP contribution in [0.4, 0.5) is 0 Å². The molecule has 1 atom stereocenters. The number of H-pyrrole nitrogens is 1. The van der Waals surface area contributed by atoms with E-state index in [9.17, 15) is 19.2 Å². The Bertz CT molecular complexity index is 769. The quantitative estimate of drug-likeness (QED) is 0.754. The average Bonchev–Trinajstić information content (AvgIpc) is 3.11. The number of nitrogens with one attached hydrogen (secondary N) is 1. The van der Waals surface area contributed by atoms with Gasteiger partial charge in [-0.1, -0.05) is 0 Å². The van der Waals surface area contributed by atoms with Gasteiger partial charge in [-0.05, 0) is 12.8 Å². The van der Waals surface area contributed by atoms with Crippen LogP contribution in [0.1, 0.15) is 30.1 Å². The van der Waals surface area contributed by atoms with Crippen LogP contribution in [0.2, 0.25) is 0 Å². The molecule has 3 heterocycles. The molecule has 0 saturated carbocycles. The lowest BCUT2D eigenvalue weighted by Crippen LogP contribution is -2.51. The molecule has 3 rings (SSSR count). The minimum Gasteiger partial charge on any atom is -0.376 e. The largest absolute Gasteiger partial charge is 0.376 e. The van der Waals surface area contributed by atoms with Gasteiger partial charge in [0.2, 0.25) is 5.91 Å². The maximum atomic E-state index is 12.7. The van der Waals surface area contributed by atoms with Gasteiger partial charge >= 0.3 is 5.69 Å². The lowest BCUT2D eigenvalue weighted by molar-refractivity contribution is -0.130. The first kappa shape index (κ1) is 17.4. The van der Waals surface area contributed by atoms with Gasteiger partial charge in [-0.15, -0.1) is 0 Å². The van der Waals surface area contributed by atoms with E-state index in [0.29, 0.717) is 32.8 Å². The number of aromatic amines is 1. The molecule has 25 heavy (non-hydrogen) atoms. The smallest absolute Gasteiger partial charge is 0.328 e. The van der Waals surface area contributed by atoms with Crippen LogP contribution in [-0.4, -0.2) is 70.1 Å². The van der Waals surface area contributed by atoms with E-state index in [0.717, 1.165) is 17.4 Å². The topological polar surface area (TPSA) is 105 Å². The molecule has 2 amide bonds. The first-order valence-electron chi connectivity index (χ1n) is 8.46. The molecule has 2 aliphatic heterocycles. The van der Waals surface area contributed by atoms with Crippen LogP contribution in [0.5, 0.6) is 0 Å². The summed E-state index contributed by atoms with van der Waals surface area (Å²) in [5, 5.41) is 0. The molecule has 2 aliphatic rings. The summed E-state index contributed by atoms with van der Waals surface area (Å²) in [7, 11) is 0. The van der Waals surface area contributed by atoms with Gasteiger partial charge in [0.1, 0.15) is 5.56 Å². The van der Waals surface area contributed by atoms with Gasteiger partial charge in [0.05, 0.1) is 12.6 Å². The number of carbonyl (C=O) groups excluding carboxylic acids is 2. The molecule has 2 saturated heterocycles. The lowest BCUT2D eigenvalue weighted by atomic mass is 10.2. The molecule has 0 bridgehead atoms. The lowest BCUT2D eigenvalue weighted by Gasteiger charge is -2.34. The molecule has 9 heteroatoms. The van der Waals surface area contributed by atoms with Crippen molar-refractivity contribution >= 4 is 11.8 Å². The highest BCUT2D eigenvalue weighted by Gasteiger charge is 2.26. The third-order valence-electron chi connectivity index (χ3n) is 4.71. The van der Waals surface area contributed by atoms with Crippen molar-refractivity contribution in [3.8, 4) is 0 Å². The highest BCUT2D eigenvalue weighted by Crippen LogP contribution is 2.12. The summed E-state index contributed by atoms with van der Waals surface area (Å²) in [6.45, 7) is 3.86. The Morgan fingerprint density at radius 1 is 1.20 bits per heavy atom. The summed E-state index contributed by atoms with van der Waals surface area (Å²) < 4.78 is 6.51. The summed E-state index contributed by atoms with van der Waals surface area (Å²) >= 11 is 0. The van der Waals surface area contributed by atoms with Crippen molar-refractivity contribution in [3.63, 3.8) is 0 Å². The van der Waals surface area contributed by atoms with E-state index in [1.54, 1.807) is 4.90 Å². The Kier molecular flexibility index (Phi) is 5.03. The second kappa shape index (κ2) is 7.22. The Labute approximate surface area is 144 Å². The number of amides is 2. The van der Waals surface area contributed by atoms with Crippen LogP contribution in [0, 0.1) is 0 Å². The van der Waals surface area contributed by atoms with Gasteiger partial charge in [0.25, 0.3) is 11.5 Å². The van der Waals surface area contributed by atoms with E-state index in [-0.39, 0.29) is 24.1 Å². The van der Waals surface area contributed by atoms with Gasteiger partial charge < -0.3 is 19.5 Å². The molecule has 2 fully saturated rings. The predicted molar refractivity (Wildman–Crippen MR) is 88.5 cm³/mol. The maximum absolute atomic E-state index is 12.7. The van der Waals surface area contributed by atoms with Crippen molar-refractivity contribution in [2.45, 2.75) is 32.4 Å². The van der Waals surface area contributed by atoms with Crippen molar-refractivity contribution in [2.75, 3.05) is 32.8 Å². The zero-order valence-electron chi connectivity index (χ0n) is 14.2. The molecule has 9 nitrogen and oxygen atoms in total. The number of piperazine rings is 1. The Balaban J connectivity index is 1.78. The molecule has 1 N–H and O–H groups in total. The fourth-order valence-electron chi connectivity index (χ4n) is 3.22.